The summed E-state index contributed by atoms with van der Waals surface area (Å²) >= 11 is 1.53. The maximum Gasteiger partial charge on any atom is 0.311 e. The second kappa shape index (κ2) is 13.4. The highest BCUT2D eigenvalue weighted by Crippen LogP contribution is 2.61. The number of hydrogen-bond acceptors (Lipinski definition) is 7. The minimum Gasteiger partial charge on any atom is -0.465 e. The van der Waals surface area contributed by atoms with E-state index >= 15 is 0 Å². The fourth-order valence-electron chi connectivity index (χ4n) is 7.55. The molecule has 238 valence electrons. The zero-order chi connectivity index (χ0) is 31.6. The van der Waals surface area contributed by atoms with E-state index in [-0.39, 0.29) is 29.6 Å². The summed E-state index contributed by atoms with van der Waals surface area (Å²) in [7, 11) is 0. The van der Waals surface area contributed by atoms with Crippen LogP contribution in [0, 0.1) is 11.8 Å². The first-order valence-electron chi connectivity index (χ1n) is 16.3. The summed E-state index contributed by atoms with van der Waals surface area (Å²) in [6.07, 6.45) is 11.1. The number of cyclic esters (lactones) is 1. The van der Waals surface area contributed by atoms with E-state index in [2.05, 4.69) is 24.8 Å². The van der Waals surface area contributed by atoms with Crippen molar-refractivity contribution in [3.8, 4) is 0 Å². The molecule has 1 spiro atoms. The van der Waals surface area contributed by atoms with Gasteiger partial charge in [0.25, 0.3) is 5.91 Å². The van der Waals surface area contributed by atoms with Gasteiger partial charge in [0.2, 0.25) is 5.91 Å². The van der Waals surface area contributed by atoms with Crippen LogP contribution in [0.3, 0.4) is 0 Å². The van der Waals surface area contributed by atoms with E-state index in [1.807, 2.05) is 72.8 Å². The number of thioether (sulfide) groups is 1. The van der Waals surface area contributed by atoms with Crippen molar-refractivity contribution in [2.24, 2.45) is 11.8 Å². The van der Waals surface area contributed by atoms with Gasteiger partial charge in [-0.1, -0.05) is 54.6 Å². The molecule has 2 aromatic carbocycles. The largest absolute Gasteiger partial charge is 0.465 e. The van der Waals surface area contributed by atoms with E-state index in [1.165, 1.54) is 11.8 Å². The van der Waals surface area contributed by atoms with Crippen LogP contribution in [-0.4, -0.2) is 82.7 Å². The third-order valence-corrected chi connectivity index (χ3v) is 11.5. The molecule has 4 heterocycles. The first-order valence-corrected chi connectivity index (χ1v) is 17.1. The molecular weight excluding hydrogens is 586 g/mol. The molecule has 0 aliphatic carbocycles. The normalized spacial score (nSPS) is 29.4. The molecule has 2 fully saturated rings. The third-order valence-electron chi connectivity index (χ3n) is 9.75. The van der Waals surface area contributed by atoms with Crippen LogP contribution < -0.4 is 9.80 Å². The number of aliphatic hydroxyl groups is 1. The molecule has 0 saturated carbocycles. The van der Waals surface area contributed by atoms with Crippen LogP contribution in [0.1, 0.15) is 38.7 Å². The predicted molar refractivity (Wildman–Crippen MR) is 178 cm³/mol. The van der Waals surface area contributed by atoms with Gasteiger partial charge < -0.3 is 24.5 Å². The molecule has 1 unspecified atom stereocenters. The Hall–Kier alpha value is -3.56. The minimum absolute atomic E-state index is 0.202. The van der Waals surface area contributed by atoms with E-state index in [1.54, 1.807) is 9.80 Å². The highest BCUT2D eigenvalue weighted by atomic mass is 32.2. The summed E-state index contributed by atoms with van der Waals surface area (Å²) in [5.74, 6) is -2.37. The Bertz CT molecular complexity index is 1440. The van der Waals surface area contributed by atoms with Gasteiger partial charge in [-0.15, -0.1) is 11.8 Å². The lowest BCUT2D eigenvalue weighted by Gasteiger charge is -2.38. The van der Waals surface area contributed by atoms with Crippen LogP contribution in [0.2, 0.25) is 0 Å². The Morgan fingerprint density at radius 1 is 1.00 bits per heavy atom. The Labute approximate surface area is 270 Å². The predicted octanol–water partition coefficient (Wildman–Crippen LogP) is 4.62. The lowest BCUT2D eigenvalue weighted by atomic mass is 9.78. The molecule has 9 heteroatoms. The van der Waals surface area contributed by atoms with Crippen molar-refractivity contribution in [3.63, 3.8) is 0 Å². The molecule has 45 heavy (non-hydrogen) atoms. The number of benzene rings is 2. The molecule has 1 N–H and O–H groups in total. The fourth-order valence-corrected chi connectivity index (χ4v) is 9.54. The van der Waals surface area contributed by atoms with Crippen LogP contribution in [0.5, 0.6) is 0 Å². The Morgan fingerprint density at radius 2 is 1.76 bits per heavy atom. The number of rotatable bonds is 8. The van der Waals surface area contributed by atoms with Crippen molar-refractivity contribution in [1.82, 2.24) is 4.90 Å². The van der Waals surface area contributed by atoms with Crippen LogP contribution >= 0.6 is 11.8 Å². The molecule has 6 atom stereocenters. The van der Waals surface area contributed by atoms with E-state index < -0.39 is 28.7 Å². The zero-order valence-electron chi connectivity index (χ0n) is 26.1. The van der Waals surface area contributed by atoms with Crippen molar-refractivity contribution in [3.05, 3.63) is 84.5 Å². The van der Waals surface area contributed by atoms with Gasteiger partial charge in [-0.2, -0.15) is 0 Å². The van der Waals surface area contributed by atoms with Crippen LogP contribution in [0.15, 0.2) is 78.9 Å². The highest BCUT2D eigenvalue weighted by molar-refractivity contribution is 8.02. The van der Waals surface area contributed by atoms with E-state index in [0.717, 1.165) is 49.3 Å². The Balaban J connectivity index is 1.43. The number of aliphatic hydroxyl groups excluding tert-OH is 1. The second-order valence-electron chi connectivity index (χ2n) is 12.2. The van der Waals surface area contributed by atoms with Gasteiger partial charge in [-0.25, -0.2) is 0 Å². The number of hydrogen-bond donors (Lipinski definition) is 1. The van der Waals surface area contributed by atoms with Gasteiger partial charge in [0.05, 0.1) is 35.8 Å². The van der Waals surface area contributed by atoms with Crippen molar-refractivity contribution in [2.45, 2.75) is 61.6 Å². The maximum atomic E-state index is 14.9. The minimum atomic E-state index is -0.985. The van der Waals surface area contributed by atoms with Crippen molar-refractivity contribution < 1.29 is 24.2 Å². The molecule has 0 aromatic heterocycles. The first-order chi connectivity index (χ1) is 21.9. The maximum absolute atomic E-state index is 14.9. The molecule has 0 bridgehead atoms. The molecule has 2 saturated heterocycles. The van der Waals surface area contributed by atoms with Gasteiger partial charge in [0, 0.05) is 36.3 Å². The molecule has 2 aromatic rings. The molecule has 4 aliphatic heterocycles. The van der Waals surface area contributed by atoms with Crippen LogP contribution in [0.4, 0.5) is 11.4 Å². The summed E-state index contributed by atoms with van der Waals surface area (Å²) in [5, 5.41) is 10.5. The molecule has 4 aliphatic rings. The van der Waals surface area contributed by atoms with Crippen LogP contribution in [0.25, 0.3) is 0 Å². The number of esters is 1. The number of ether oxygens (including phenoxy) is 1. The first kappa shape index (κ1) is 31.4. The lowest BCUT2D eigenvalue weighted by molar-refractivity contribution is -0.153. The average molecular weight is 630 g/mol. The number of likely N-dealkylation sites (tertiary alicyclic amines) is 1. The second-order valence-corrected chi connectivity index (χ2v) is 13.7. The number of nitrogens with zero attached hydrogens (tertiary/aromatic N) is 3. The number of amides is 2. The van der Waals surface area contributed by atoms with Crippen molar-refractivity contribution >= 4 is 40.9 Å². The topological polar surface area (TPSA) is 90.4 Å². The lowest BCUT2D eigenvalue weighted by Crippen LogP contribution is -2.57. The van der Waals surface area contributed by atoms with Gasteiger partial charge in [0.1, 0.15) is 6.04 Å². The number of fused-ring (bicyclic) bond motifs is 2. The number of anilines is 2. The summed E-state index contributed by atoms with van der Waals surface area (Å²) < 4.78 is 4.77. The monoisotopic (exact) mass is 629 g/mol. The molecule has 6 rings (SSSR count). The smallest absolute Gasteiger partial charge is 0.311 e. The Kier molecular flexibility index (Phi) is 9.38. The van der Waals surface area contributed by atoms with Gasteiger partial charge in [-0.3, -0.25) is 14.4 Å². The molecule has 0 radical (unpaired) electrons. The fraction of sp³-hybridized carbons (Fsp3) is 0.472. The zero-order valence-corrected chi connectivity index (χ0v) is 26.9. The van der Waals surface area contributed by atoms with Gasteiger partial charge >= 0.3 is 5.97 Å². The number of allylic oxidation sites excluding steroid dienone is 1. The SMILES string of the molecule is CCN(CC)c1ccc(N2CC=C[C@]34S[C@H]5/C=C\CCCCOC(=O)[C@H]5[C@H]3C(=O)N([C@@H](CO)Cc3ccccc3)C4C2=O)cc1. The number of carbonyl (C=O) groups excluding carboxylic acids is 3. The molecule has 2 amide bonds. The highest BCUT2D eigenvalue weighted by Gasteiger charge is 2.71. The summed E-state index contributed by atoms with van der Waals surface area (Å²) in [4.78, 5) is 48.9. The van der Waals surface area contributed by atoms with E-state index in [9.17, 15) is 19.5 Å². The molecular formula is C36H43N3O5S. The third kappa shape index (κ3) is 5.69. The quantitative estimate of drug-likeness (QED) is 0.337. The summed E-state index contributed by atoms with van der Waals surface area (Å²) in [6.45, 7) is 6.35. The van der Waals surface area contributed by atoms with E-state index in [0.29, 0.717) is 19.6 Å². The summed E-state index contributed by atoms with van der Waals surface area (Å²) in [5.41, 5.74) is 2.79. The van der Waals surface area contributed by atoms with Crippen molar-refractivity contribution in [2.75, 3.05) is 42.6 Å². The van der Waals surface area contributed by atoms with Gasteiger partial charge in [-0.05, 0) is 69.4 Å². The average Bonchev–Trinajstić information content (AvgIpc) is 3.45. The van der Waals surface area contributed by atoms with Gasteiger partial charge in [0.15, 0.2) is 0 Å². The van der Waals surface area contributed by atoms with Crippen LogP contribution in [-0.2, 0) is 25.5 Å². The number of carbonyl (C=O) groups is 3. The molecule has 8 nitrogen and oxygen atoms in total. The Morgan fingerprint density at radius 3 is 2.47 bits per heavy atom. The standard InChI is InChI=1S/C36H43N3O5S/c1-3-37(4-2)26-16-18-27(19-17-26)38-21-12-20-36-31(30-29(45-36)15-10-5-6-11-22-44-35(30)43)33(41)39(32(36)34(38)42)28(24-40)23-25-13-8-7-9-14-25/h7-10,12-20,28-32,40H,3-6,11,21-24H2,1-2H3/b15-10-/t28-,29+,30-,31+,32?,36+/m1/s1. The van der Waals surface area contributed by atoms with E-state index in [4.69, 9.17) is 4.74 Å². The summed E-state index contributed by atoms with van der Waals surface area (Å²) in [6, 6.07) is 16.2. The van der Waals surface area contributed by atoms with Crippen molar-refractivity contribution in [1.29, 1.82) is 0 Å².